The molecule has 0 unspecified atom stereocenters. The lowest BCUT2D eigenvalue weighted by molar-refractivity contribution is -0.256. The molecular formula is C16H23N3O3. The second-order valence-electron chi connectivity index (χ2n) is 5.64. The van der Waals surface area contributed by atoms with Gasteiger partial charge in [-0.05, 0) is 31.0 Å². The minimum atomic E-state index is -0.842. The summed E-state index contributed by atoms with van der Waals surface area (Å²) >= 11 is 0. The summed E-state index contributed by atoms with van der Waals surface area (Å²) in [5.74, 6) is -1.07. The summed E-state index contributed by atoms with van der Waals surface area (Å²) in [5, 5.41) is 3.96. The van der Waals surface area contributed by atoms with Crippen molar-refractivity contribution in [2.45, 2.75) is 25.6 Å². The molecule has 120 valence electrons. The predicted molar refractivity (Wildman–Crippen MR) is 86.0 cm³/mol. The van der Waals surface area contributed by atoms with Gasteiger partial charge in [-0.15, -0.1) is 0 Å². The van der Waals surface area contributed by atoms with Gasteiger partial charge in [-0.3, -0.25) is 4.79 Å². The van der Waals surface area contributed by atoms with Crippen molar-refractivity contribution < 1.29 is 14.3 Å². The molecule has 1 saturated heterocycles. The maximum Gasteiger partial charge on any atom is 0.245 e. The number of anilines is 1. The molecular weight excluding hydrogens is 282 g/mol. The Morgan fingerprint density at radius 3 is 2.55 bits per heavy atom. The normalized spacial score (nSPS) is 17.4. The molecule has 0 aliphatic carbocycles. The van der Waals surface area contributed by atoms with Crippen molar-refractivity contribution in [3.8, 4) is 0 Å². The van der Waals surface area contributed by atoms with E-state index in [4.69, 9.17) is 9.47 Å². The third-order valence-corrected chi connectivity index (χ3v) is 3.40. The minimum Gasteiger partial charge on any atom is -0.378 e. The molecule has 2 rings (SSSR count). The van der Waals surface area contributed by atoms with Crippen LogP contribution in [0.25, 0.3) is 0 Å². The number of hydrogen-bond acceptors (Lipinski definition) is 5. The van der Waals surface area contributed by atoms with Crippen molar-refractivity contribution in [3.63, 3.8) is 0 Å². The Morgan fingerprint density at radius 1 is 1.32 bits per heavy atom. The van der Waals surface area contributed by atoms with Gasteiger partial charge in [-0.2, -0.15) is 5.10 Å². The highest BCUT2D eigenvalue weighted by Gasteiger charge is 2.31. The van der Waals surface area contributed by atoms with Crippen molar-refractivity contribution >= 4 is 17.8 Å². The van der Waals surface area contributed by atoms with E-state index in [1.807, 2.05) is 43.3 Å². The topological polar surface area (TPSA) is 63.2 Å². The monoisotopic (exact) mass is 305 g/mol. The summed E-state index contributed by atoms with van der Waals surface area (Å²) in [6.45, 7) is 3.01. The second kappa shape index (κ2) is 7.38. The third kappa shape index (κ3) is 4.82. The van der Waals surface area contributed by atoms with Crippen molar-refractivity contribution in [2.75, 3.05) is 32.2 Å². The molecule has 0 radical (unpaired) electrons. The first kappa shape index (κ1) is 16.5. The quantitative estimate of drug-likeness (QED) is 0.665. The Morgan fingerprint density at radius 2 is 1.95 bits per heavy atom. The van der Waals surface area contributed by atoms with Crippen LogP contribution in [0.2, 0.25) is 0 Å². The Labute approximate surface area is 131 Å². The standard InChI is InChI=1S/C16H23N3O3/c1-16(21-9-4-10-22-16)11-15(20)18-17-12-13-5-7-14(8-6-13)19(2)3/h5-8,12H,4,9-11H2,1-3H3,(H,18,20)/b17-12-. The Hall–Kier alpha value is -1.92. The fraction of sp³-hybridized carbons (Fsp3) is 0.500. The van der Waals surface area contributed by atoms with Gasteiger partial charge in [0.05, 0.1) is 25.8 Å². The summed E-state index contributed by atoms with van der Waals surface area (Å²) in [5.41, 5.74) is 4.53. The first-order chi connectivity index (χ1) is 10.5. The highest BCUT2D eigenvalue weighted by atomic mass is 16.7. The van der Waals surface area contributed by atoms with Gasteiger partial charge >= 0.3 is 0 Å². The first-order valence-corrected chi connectivity index (χ1v) is 7.36. The van der Waals surface area contributed by atoms with Crippen LogP contribution in [-0.4, -0.2) is 45.2 Å². The summed E-state index contributed by atoms with van der Waals surface area (Å²) in [7, 11) is 3.97. The largest absolute Gasteiger partial charge is 0.378 e. The fourth-order valence-electron chi connectivity index (χ4n) is 2.15. The van der Waals surface area contributed by atoms with Gasteiger partial charge in [0.15, 0.2) is 5.79 Å². The summed E-state index contributed by atoms with van der Waals surface area (Å²) in [6, 6.07) is 7.88. The molecule has 6 nitrogen and oxygen atoms in total. The van der Waals surface area contributed by atoms with Crippen LogP contribution in [-0.2, 0) is 14.3 Å². The zero-order valence-corrected chi connectivity index (χ0v) is 13.3. The molecule has 0 bridgehead atoms. The highest BCUT2D eigenvalue weighted by molar-refractivity contribution is 5.83. The van der Waals surface area contributed by atoms with E-state index in [1.54, 1.807) is 13.1 Å². The molecule has 1 aromatic carbocycles. The van der Waals surface area contributed by atoms with E-state index in [2.05, 4.69) is 10.5 Å². The van der Waals surface area contributed by atoms with Gasteiger partial charge in [-0.1, -0.05) is 12.1 Å². The van der Waals surface area contributed by atoms with E-state index in [0.29, 0.717) is 13.2 Å². The van der Waals surface area contributed by atoms with Crippen LogP contribution in [0, 0.1) is 0 Å². The molecule has 6 heteroatoms. The lowest BCUT2D eigenvalue weighted by Gasteiger charge is -2.33. The maximum absolute atomic E-state index is 11.9. The number of rotatable bonds is 5. The van der Waals surface area contributed by atoms with Crippen molar-refractivity contribution in [3.05, 3.63) is 29.8 Å². The molecule has 1 amide bonds. The number of nitrogens with one attached hydrogen (secondary N) is 1. The van der Waals surface area contributed by atoms with E-state index in [1.165, 1.54) is 0 Å². The molecule has 1 fully saturated rings. The second-order valence-corrected chi connectivity index (χ2v) is 5.64. The number of ether oxygens (including phenoxy) is 2. The Bertz CT molecular complexity index is 520. The molecule has 0 atom stereocenters. The van der Waals surface area contributed by atoms with Gasteiger partial charge in [0.25, 0.3) is 0 Å². The van der Waals surface area contributed by atoms with Crippen LogP contribution in [0.1, 0.15) is 25.3 Å². The van der Waals surface area contributed by atoms with Crippen LogP contribution in [0.15, 0.2) is 29.4 Å². The number of amides is 1. The molecule has 1 N–H and O–H groups in total. The highest BCUT2D eigenvalue weighted by Crippen LogP contribution is 2.21. The number of hydrazone groups is 1. The number of benzene rings is 1. The van der Waals surface area contributed by atoms with Crippen LogP contribution in [0.5, 0.6) is 0 Å². The lowest BCUT2D eigenvalue weighted by atomic mass is 10.2. The van der Waals surface area contributed by atoms with Gasteiger partial charge < -0.3 is 14.4 Å². The molecule has 0 spiro atoms. The Kier molecular flexibility index (Phi) is 5.51. The fourth-order valence-corrected chi connectivity index (χ4v) is 2.15. The minimum absolute atomic E-state index is 0.129. The number of carbonyl (C=O) groups excluding carboxylic acids is 1. The molecule has 0 aromatic heterocycles. The SMILES string of the molecule is CN(C)c1ccc(/C=N\NC(=O)CC2(C)OCCCO2)cc1. The van der Waals surface area contributed by atoms with Crippen LogP contribution >= 0.6 is 0 Å². The lowest BCUT2D eigenvalue weighted by Crippen LogP contribution is -2.41. The molecule has 1 aliphatic rings. The predicted octanol–water partition coefficient (Wildman–Crippen LogP) is 1.75. The molecule has 1 heterocycles. The van der Waals surface area contributed by atoms with Gasteiger partial charge in [0.2, 0.25) is 5.91 Å². The summed E-state index contributed by atoms with van der Waals surface area (Å²) in [4.78, 5) is 13.9. The molecule has 22 heavy (non-hydrogen) atoms. The third-order valence-electron chi connectivity index (χ3n) is 3.40. The Balaban J connectivity index is 1.82. The zero-order chi connectivity index (χ0) is 16.0. The molecule has 1 aliphatic heterocycles. The number of nitrogens with zero attached hydrogens (tertiary/aromatic N) is 2. The molecule has 1 aromatic rings. The van der Waals surface area contributed by atoms with E-state index in [9.17, 15) is 4.79 Å². The van der Waals surface area contributed by atoms with Crippen LogP contribution in [0.4, 0.5) is 5.69 Å². The number of carbonyl (C=O) groups is 1. The van der Waals surface area contributed by atoms with Gasteiger partial charge in [-0.25, -0.2) is 5.43 Å². The van der Waals surface area contributed by atoms with E-state index in [-0.39, 0.29) is 12.3 Å². The van der Waals surface area contributed by atoms with Crippen LogP contribution < -0.4 is 10.3 Å². The zero-order valence-electron chi connectivity index (χ0n) is 13.3. The summed E-state index contributed by atoms with van der Waals surface area (Å²) in [6.07, 6.45) is 2.60. The van der Waals surface area contributed by atoms with E-state index in [0.717, 1.165) is 17.7 Å². The van der Waals surface area contributed by atoms with E-state index < -0.39 is 5.79 Å². The molecule has 0 saturated carbocycles. The number of hydrogen-bond donors (Lipinski definition) is 1. The van der Waals surface area contributed by atoms with Crippen molar-refractivity contribution in [1.29, 1.82) is 0 Å². The first-order valence-electron chi connectivity index (χ1n) is 7.36. The smallest absolute Gasteiger partial charge is 0.245 e. The maximum atomic E-state index is 11.9. The average molecular weight is 305 g/mol. The van der Waals surface area contributed by atoms with E-state index >= 15 is 0 Å². The van der Waals surface area contributed by atoms with Crippen LogP contribution in [0.3, 0.4) is 0 Å². The van der Waals surface area contributed by atoms with Crippen molar-refractivity contribution in [1.82, 2.24) is 5.43 Å². The van der Waals surface area contributed by atoms with Gasteiger partial charge in [0.1, 0.15) is 0 Å². The van der Waals surface area contributed by atoms with Crippen molar-refractivity contribution in [2.24, 2.45) is 5.10 Å². The van der Waals surface area contributed by atoms with Gasteiger partial charge in [0, 0.05) is 19.8 Å². The summed E-state index contributed by atoms with van der Waals surface area (Å²) < 4.78 is 11.0. The average Bonchev–Trinajstić information content (AvgIpc) is 2.48.